The molecule has 0 atom stereocenters. The Kier molecular flexibility index (Phi) is 6.79. The molecule has 2 nitrogen and oxygen atoms in total. The Morgan fingerprint density at radius 3 is 2.19 bits per heavy atom. The number of hydrogen-bond donors (Lipinski definition) is 0. The van der Waals surface area contributed by atoms with Crippen LogP contribution in [0.2, 0.25) is 0 Å². The van der Waals surface area contributed by atoms with Gasteiger partial charge in [0.1, 0.15) is 6.29 Å². The second-order valence-corrected chi connectivity index (χ2v) is 7.51. The Morgan fingerprint density at radius 2 is 1.54 bits per heavy atom. The lowest BCUT2D eigenvalue weighted by molar-refractivity contribution is -0.119. The van der Waals surface area contributed by atoms with Crippen molar-refractivity contribution in [3.63, 3.8) is 0 Å². The van der Waals surface area contributed by atoms with E-state index in [4.69, 9.17) is 0 Å². The number of carbonyl (C=O) groups excluding carboxylic acids is 1. The molecule has 0 heterocycles. The van der Waals surface area contributed by atoms with Crippen LogP contribution in [0.25, 0.3) is 6.08 Å². The summed E-state index contributed by atoms with van der Waals surface area (Å²) in [6.45, 7) is 2.60. The molecule has 0 aliphatic heterocycles. The molecule has 0 N–H and O–H groups in total. The summed E-state index contributed by atoms with van der Waals surface area (Å²) in [6.07, 6.45) is 11.3. The first-order valence-corrected chi connectivity index (χ1v) is 9.74. The van der Waals surface area contributed by atoms with Gasteiger partial charge in [0.05, 0.1) is 0 Å². The molecule has 0 amide bonds. The van der Waals surface area contributed by atoms with Gasteiger partial charge in [-0.15, -0.1) is 0 Å². The summed E-state index contributed by atoms with van der Waals surface area (Å²) >= 11 is 0. The lowest BCUT2D eigenvalue weighted by Gasteiger charge is -2.36. The SMILES string of the molecule is O=CC1(CN(C/C=C/c2ccccc2)Cc2ccccc2)CCCCC1. The van der Waals surface area contributed by atoms with Gasteiger partial charge in [-0.1, -0.05) is 92.1 Å². The van der Waals surface area contributed by atoms with Crippen molar-refractivity contribution < 1.29 is 4.79 Å². The fourth-order valence-corrected chi connectivity index (χ4v) is 3.94. The van der Waals surface area contributed by atoms with Gasteiger partial charge in [0.2, 0.25) is 0 Å². The predicted octanol–water partition coefficient (Wildman–Crippen LogP) is 5.35. The summed E-state index contributed by atoms with van der Waals surface area (Å²) in [5.74, 6) is 0. The van der Waals surface area contributed by atoms with Gasteiger partial charge in [0.25, 0.3) is 0 Å². The summed E-state index contributed by atoms with van der Waals surface area (Å²) in [7, 11) is 0. The van der Waals surface area contributed by atoms with E-state index in [-0.39, 0.29) is 5.41 Å². The first-order chi connectivity index (χ1) is 12.8. The van der Waals surface area contributed by atoms with Crippen LogP contribution in [0.5, 0.6) is 0 Å². The van der Waals surface area contributed by atoms with Crippen LogP contribution in [0.15, 0.2) is 66.7 Å². The van der Waals surface area contributed by atoms with Gasteiger partial charge in [-0.05, 0) is 24.0 Å². The van der Waals surface area contributed by atoms with E-state index in [0.29, 0.717) is 0 Å². The van der Waals surface area contributed by atoms with Crippen molar-refractivity contribution in [1.82, 2.24) is 4.90 Å². The first-order valence-electron chi connectivity index (χ1n) is 9.74. The molecule has 1 aliphatic rings. The molecule has 0 radical (unpaired) electrons. The van der Waals surface area contributed by atoms with E-state index in [1.54, 1.807) is 0 Å². The van der Waals surface area contributed by atoms with Gasteiger partial charge in [-0.3, -0.25) is 4.90 Å². The van der Waals surface area contributed by atoms with Crippen LogP contribution in [-0.4, -0.2) is 24.3 Å². The number of carbonyl (C=O) groups is 1. The average molecular weight is 348 g/mol. The molecule has 26 heavy (non-hydrogen) atoms. The highest BCUT2D eigenvalue weighted by molar-refractivity contribution is 5.60. The van der Waals surface area contributed by atoms with Crippen molar-refractivity contribution >= 4 is 12.4 Å². The summed E-state index contributed by atoms with van der Waals surface area (Å²) < 4.78 is 0. The fourth-order valence-electron chi connectivity index (χ4n) is 3.94. The third-order valence-electron chi connectivity index (χ3n) is 5.36. The van der Waals surface area contributed by atoms with E-state index in [9.17, 15) is 4.79 Å². The van der Waals surface area contributed by atoms with E-state index < -0.39 is 0 Å². The molecule has 0 unspecified atom stereocenters. The molecule has 0 spiro atoms. The van der Waals surface area contributed by atoms with Gasteiger partial charge in [0.15, 0.2) is 0 Å². The maximum atomic E-state index is 11.9. The van der Waals surface area contributed by atoms with E-state index in [0.717, 1.165) is 32.5 Å². The summed E-state index contributed by atoms with van der Waals surface area (Å²) in [4.78, 5) is 14.3. The van der Waals surface area contributed by atoms with Gasteiger partial charge in [-0.2, -0.15) is 0 Å². The standard InChI is InChI=1S/C24H29NO/c26-21-24(16-8-3-9-17-24)20-25(19-23-13-6-2-7-14-23)18-10-15-22-11-4-1-5-12-22/h1-2,4-7,10-15,21H,3,8-9,16-20H2/b15-10+. The van der Waals surface area contributed by atoms with Crippen molar-refractivity contribution in [3.05, 3.63) is 77.9 Å². The van der Waals surface area contributed by atoms with Crippen LogP contribution in [0.4, 0.5) is 0 Å². The number of benzene rings is 2. The average Bonchev–Trinajstić information content (AvgIpc) is 2.70. The van der Waals surface area contributed by atoms with Crippen molar-refractivity contribution in [2.24, 2.45) is 5.41 Å². The Labute approximate surface area is 157 Å². The molecule has 2 heteroatoms. The van der Waals surface area contributed by atoms with E-state index in [1.165, 1.54) is 36.7 Å². The third-order valence-corrected chi connectivity index (χ3v) is 5.36. The second kappa shape index (κ2) is 9.49. The molecule has 0 bridgehead atoms. The molecule has 1 saturated carbocycles. The molecule has 2 aromatic rings. The van der Waals surface area contributed by atoms with Crippen molar-refractivity contribution in [2.45, 2.75) is 38.6 Å². The quantitative estimate of drug-likeness (QED) is 0.600. The van der Waals surface area contributed by atoms with E-state index in [1.807, 2.05) is 6.07 Å². The number of hydrogen-bond acceptors (Lipinski definition) is 2. The molecule has 136 valence electrons. The summed E-state index contributed by atoms with van der Waals surface area (Å²) in [6, 6.07) is 21.0. The second-order valence-electron chi connectivity index (χ2n) is 7.51. The minimum Gasteiger partial charge on any atom is -0.303 e. The summed E-state index contributed by atoms with van der Waals surface area (Å²) in [5, 5.41) is 0. The van der Waals surface area contributed by atoms with Crippen LogP contribution < -0.4 is 0 Å². The Bertz CT molecular complexity index is 687. The van der Waals surface area contributed by atoms with Crippen LogP contribution in [0.1, 0.15) is 43.2 Å². The molecule has 3 rings (SSSR count). The molecular weight excluding hydrogens is 318 g/mol. The lowest BCUT2D eigenvalue weighted by atomic mass is 9.75. The highest BCUT2D eigenvalue weighted by Crippen LogP contribution is 2.35. The van der Waals surface area contributed by atoms with Gasteiger partial charge in [0, 0.05) is 25.0 Å². The maximum Gasteiger partial charge on any atom is 0.127 e. The van der Waals surface area contributed by atoms with Crippen molar-refractivity contribution in [3.8, 4) is 0 Å². The largest absolute Gasteiger partial charge is 0.303 e. The molecular formula is C24H29NO. The van der Waals surface area contributed by atoms with E-state index >= 15 is 0 Å². The Morgan fingerprint density at radius 1 is 0.885 bits per heavy atom. The molecule has 2 aromatic carbocycles. The minimum absolute atomic E-state index is 0.159. The highest BCUT2D eigenvalue weighted by atomic mass is 16.1. The van der Waals surface area contributed by atoms with Crippen molar-refractivity contribution in [1.29, 1.82) is 0 Å². The van der Waals surface area contributed by atoms with Gasteiger partial charge < -0.3 is 4.79 Å². The van der Waals surface area contributed by atoms with Crippen molar-refractivity contribution in [2.75, 3.05) is 13.1 Å². The van der Waals surface area contributed by atoms with Gasteiger partial charge >= 0.3 is 0 Å². The smallest absolute Gasteiger partial charge is 0.127 e. The number of rotatable bonds is 8. The van der Waals surface area contributed by atoms with Crippen LogP contribution in [0, 0.1) is 5.41 Å². The van der Waals surface area contributed by atoms with Crippen LogP contribution in [0.3, 0.4) is 0 Å². The third kappa shape index (κ3) is 5.40. The predicted molar refractivity (Wildman–Crippen MR) is 109 cm³/mol. The van der Waals surface area contributed by atoms with E-state index in [2.05, 4.69) is 71.6 Å². The molecule has 1 fully saturated rings. The van der Waals surface area contributed by atoms with Crippen LogP contribution >= 0.6 is 0 Å². The first kappa shape index (κ1) is 18.6. The zero-order valence-electron chi connectivity index (χ0n) is 15.5. The molecule has 0 aromatic heterocycles. The number of nitrogens with zero attached hydrogens (tertiary/aromatic N) is 1. The fraction of sp³-hybridized carbons (Fsp3) is 0.375. The Hall–Kier alpha value is -2.19. The molecule has 1 aliphatic carbocycles. The normalized spacial score (nSPS) is 16.8. The molecule has 0 saturated heterocycles. The Balaban J connectivity index is 1.70. The highest BCUT2D eigenvalue weighted by Gasteiger charge is 2.33. The monoisotopic (exact) mass is 347 g/mol. The summed E-state index contributed by atoms with van der Waals surface area (Å²) in [5.41, 5.74) is 2.36. The zero-order valence-corrected chi connectivity index (χ0v) is 15.5. The maximum absolute atomic E-state index is 11.9. The number of aldehydes is 1. The topological polar surface area (TPSA) is 20.3 Å². The minimum atomic E-state index is -0.159. The van der Waals surface area contributed by atoms with Gasteiger partial charge in [-0.25, -0.2) is 0 Å². The lowest BCUT2D eigenvalue weighted by Crippen LogP contribution is -2.40. The van der Waals surface area contributed by atoms with Crippen LogP contribution in [-0.2, 0) is 11.3 Å². The zero-order chi connectivity index (χ0) is 18.1.